The van der Waals surface area contributed by atoms with Crippen molar-refractivity contribution in [2.75, 3.05) is 5.32 Å². The van der Waals surface area contributed by atoms with Crippen LogP contribution in [0.25, 0.3) is 0 Å². The monoisotopic (exact) mass is 349 g/mol. The summed E-state index contributed by atoms with van der Waals surface area (Å²) < 4.78 is 39.4. The van der Waals surface area contributed by atoms with Crippen LogP contribution in [0.15, 0.2) is 39.5 Å². The van der Waals surface area contributed by atoms with Crippen LogP contribution >= 0.6 is 27.3 Å². The smallest absolute Gasteiger partial charge is 0.378 e. The molecule has 2 aromatic rings. The van der Waals surface area contributed by atoms with Crippen molar-refractivity contribution in [3.8, 4) is 0 Å². The molecule has 2 rings (SSSR count). The molecule has 0 aliphatic heterocycles. The predicted molar refractivity (Wildman–Crippen MR) is 75.5 cm³/mol. The number of thiophene rings is 1. The fraction of sp³-hybridized carbons (Fsp3) is 0.231. The van der Waals surface area contributed by atoms with Crippen LogP contribution < -0.4 is 5.32 Å². The minimum absolute atomic E-state index is 0.0839. The zero-order valence-corrected chi connectivity index (χ0v) is 12.4. The lowest BCUT2D eigenvalue weighted by atomic mass is 10.1. The van der Waals surface area contributed by atoms with Gasteiger partial charge in [-0.2, -0.15) is 24.5 Å². The maximum absolute atomic E-state index is 12.9. The summed E-state index contributed by atoms with van der Waals surface area (Å²) in [6, 6.07) is 5.64. The highest BCUT2D eigenvalue weighted by molar-refractivity contribution is 9.10. The maximum Gasteiger partial charge on any atom is 0.418 e. The second kappa shape index (κ2) is 5.54. The molecule has 0 aliphatic carbocycles. The van der Waals surface area contributed by atoms with E-state index in [0.29, 0.717) is 4.47 Å². The highest BCUT2D eigenvalue weighted by atomic mass is 79.9. The lowest BCUT2D eigenvalue weighted by Crippen LogP contribution is -2.13. The third kappa shape index (κ3) is 3.51. The van der Waals surface area contributed by atoms with Crippen LogP contribution in [0.2, 0.25) is 0 Å². The van der Waals surface area contributed by atoms with Gasteiger partial charge in [-0.05, 0) is 47.5 Å². The van der Waals surface area contributed by atoms with Gasteiger partial charge in [0.1, 0.15) is 0 Å². The summed E-state index contributed by atoms with van der Waals surface area (Å²) in [5.74, 6) is 0. The van der Waals surface area contributed by atoms with Crippen LogP contribution in [0.5, 0.6) is 0 Å². The van der Waals surface area contributed by atoms with Crippen LogP contribution in [-0.4, -0.2) is 0 Å². The standard InChI is InChI=1S/C13H11BrF3NS/c1-8(9-4-5-19-7-9)18-12-6-10(14)2-3-11(12)13(15,16)17/h2-8,18H,1H3. The summed E-state index contributed by atoms with van der Waals surface area (Å²) in [5.41, 5.74) is 0.399. The molecule has 19 heavy (non-hydrogen) atoms. The lowest BCUT2D eigenvalue weighted by Gasteiger charge is -2.19. The number of anilines is 1. The third-order valence-corrected chi connectivity index (χ3v) is 3.90. The summed E-state index contributed by atoms with van der Waals surface area (Å²) in [4.78, 5) is 0. The molecule has 1 N–H and O–H groups in total. The molecule has 0 saturated heterocycles. The van der Waals surface area contributed by atoms with Crippen LogP contribution in [0.3, 0.4) is 0 Å². The Bertz CT molecular complexity index is 552. The van der Waals surface area contributed by atoms with Crippen molar-refractivity contribution in [1.82, 2.24) is 0 Å². The second-order valence-electron chi connectivity index (χ2n) is 4.11. The number of hydrogen-bond acceptors (Lipinski definition) is 2. The zero-order chi connectivity index (χ0) is 14.0. The summed E-state index contributed by atoms with van der Waals surface area (Å²) in [5, 5.41) is 6.74. The zero-order valence-electron chi connectivity index (χ0n) is 9.96. The predicted octanol–water partition coefficient (Wildman–Crippen LogP) is 5.70. The topological polar surface area (TPSA) is 12.0 Å². The summed E-state index contributed by atoms with van der Waals surface area (Å²) in [6.07, 6.45) is -4.36. The van der Waals surface area contributed by atoms with E-state index in [1.165, 1.54) is 23.5 Å². The van der Waals surface area contributed by atoms with Gasteiger partial charge < -0.3 is 5.32 Å². The average Bonchev–Trinajstić information content (AvgIpc) is 2.80. The van der Waals surface area contributed by atoms with E-state index in [1.807, 2.05) is 23.8 Å². The Hall–Kier alpha value is -1.01. The van der Waals surface area contributed by atoms with Crippen molar-refractivity contribution in [1.29, 1.82) is 0 Å². The number of nitrogens with one attached hydrogen (secondary N) is 1. The molecule has 0 radical (unpaired) electrons. The van der Waals surface area contributed by atoms with Gasteiger partial charge in [0.15, 0.2) is 0 Å². The van der Waals surface area contributed by atoms with Gasteiger partial charge in [0, 0.05) is 16.2 Å². The quantitative estimate of drug-likeness (QED) is 0.748. The Kier molecular flexibility index (Phi) is 4.20. The van der Waals surface area contributed by atoms with Gasteiger partial charge in [-0.25, -0.2) is 0 Å². The highest BCUT2D eigenvalue weighted by Gasteiger charge is 2.33. The van der Waals surface area contributed by atoms with Crippen LogP contribution in [0.1, 0.15) is 24.1 Å². The van der Waals surface area contributed by atoms with E-state index < -0.39 is 11.7 Å². The minimum atomic E-state index is -4.36. The Morgan fingerprint density at radius 1 is 1.26 bits per heavy atom. The fourth-order valence-corrected chi connectivity index (χ4v) is 2.84. The maximum atomic E-state index is 12.9. The molecule has 0 bridgehead atoms. The Balaban J connectivity index is 2.31. The molecule has 0 spiro atoms. The van der Waals surface area contributed by atoms with E-state index in [0.717, 1.165) is 11.6 Å². The minimum Gasteiger partial charge on any atom is -0.378 e. The van der Waals surface area contributed by atoms with Gasteiger partial charge in [0.05, 0.1) is 5.56 Å². The molecule has 102 valence electrons. The summed E-state index contributed by atoms with van der Waals surface area (Å²) in [7, 11) is 0. The number of benzene rings is 1. The van der Waals surface area contributed by atoms with Gasteiger partial charge in [0.25, 0.3) is 0 Å². The number of alkyl halides is 3. The lowest BCUT2D eigenvalue weighted by molar-refractivity contribution is -0.137. The van der Waals surface area contributed by atoms with Crippen LogP contribution in [0, 0.1) is 0 Å². The first-order valence-electron chi connectivity index (χ1n) is 5.53. The van der Waals surface area contributed by atoms with Crippen molar-refractivity contribution in [2.24, 2.45) is 0 Å². The van der Waals surface area contributed by atoms with Gasteiger partial charge >= 0.3 is 6.18 Å². The molecular weight excluding hydrogens is 339 g/mol. The van der Waals surface area contributed by atoms with Crippen LogP contribution in [-0.2, 0) is 6.18 Å². The largest absolute Gasteiger partial charge is 0.418 e. The molecule has 1 atom stereocenters. The molecule has 1 nitrogen and oxygen atoms in total. The van der Waals surface area contributed by atoms with E-state index in [-0.39, 0.29) is 11.7 Å². The molecule has 0 amide bonds. The highest BCUT2D eigenvalue weighted by Crippen LogP contribution is 2.37. The van der Waals surface area contributed by atoms with Crippen molar-refractivity contribution >= 4 is 33.0 Å². The van der Waals surface area contributed by atoms with E-state index in [2.05, 4.69) is 21.2 Å². The number of halogens is 4. The molecular formula is C13H11BrF3NS. The Morgan fingerprint density at radius 2 is 2.00 bits per heavy atom. The average molecular weight is 350 g/mol. The first-order chi connectivity index (χ1) is 8.88. The van der Waals surface area contributed by atoms with Crippen molar-refractivity contribution in [3.05, 3.63) is 50.6 Å². The van der Waals surface area contributed by atoms with E-state index in [9.17, 15) is 13.2 Å². The van der Waals surface area contributed by atoms with Gasteiger partial charge in [-0.1, -0.05) is 15.9 Å². The normalized spacial score (nSPS) is 13.3. The third-order valence-electron chi connectivity index (χ3n) is 2.70. The fourth-order valence-electron chi connectivity index (χ4n) is 1.72. The number of hydrogen-bond donors (Lipinski definition) is 1. The second-order valence-corrected chi connectivity index (χ2v) is 5.81. The van der Waals surface area contributed by atoms with E-state index in [4.69, 9.17) is 0 Å². The summed E-state index contributed by atoms with van der Waals surface area (Å²) in [6.45, 7) is 1.84. The van der Waals surface area contributed by atoms with Crippen LogP contribution in [0.4, 0.5) is 18.9 Å². The van der Waals surface area contributed by atoms with E-state index >= 15 is 0 Å². The van der Waals surface area contributed by atoms with Gasteiger partial charge in [-0.15, -0.1) is 0 Å². The van der Waals surface area contributed by atoms with Gasteiger partial charge in [-0.3, -0.25) is 0 Å². The van der Waals surface area contributed by atoms with Crippen molar-refractivity contribution < 1.29 is 13.2 Å². The molecule has 1 unspecified atom stereocenters. The SMILES string of the molecule is CC(Nc1cc(Br)ccc1C(F)(F)F)c1ccsc1. The Morgan fingerprint density at radius 3 is 2.58 bits per heavy atom. The first kappa shape index (κ1) is 14.4. The van der Waals surface area contributed by atoms with Crippen molar-refractivity contribution in [3.63, 3.8) is 0 Å². The van der Waals surface area contributed by atoms with Crippen molar-refractivity contribution in [2.45, 2.75) is 19.1 Å². The number of rotatable bonds is 3. The molecule has 0 saturated carbocycles. The van der Waals surface area contributed by atoms with Gasteiger partial charge in [0.2, 0.25) is 0 Å². The molecule has 1 aromatic heterocycles. The molecule has 1 heterocycles. The molecule has 0 fully saturated rings. The molecule has 6 heteroatoms. The summed E-state index contributed by atoms with van der Waals surface area (Å²) >= 11 is 4.72. The first-order valence-corrected chi connectivity index (χ1v) is 7.27. The molecule has 1 aromatic carbocycles. The van der Waals surface area contributed by atoms with E-state index in [1.54, 1.807) is 0 Å². The Labute approximate surface area is 121 Å². The molecule has 0 aliphatic rings.